The fourth-order valence-electron chi connectivity index (χ4n) is 4.07. The Hall–Kier alpha value is -3.10. The van der Waals surface area contributed by atoms with Gasteiger partial charge < -0.3 is 14.6 Å². The molecule has 1 saturated heterocycles. The van der Waals surface area contributed by atoms with Gasteiger partial charge in [-0.2, -0.15) is 0 Å². The molecule has 1 N–H and O–H groups in total. The van der Waals surface area contributed by atoms with Crippen LogP contribution in [0.1, 0.15) is 16.8 Å². The van der Waals surface area contributed by atoms with Crippen molar-refractivity contribution in [2.75, 3.05) is 37.7 Å². The second kappa shape index (κ2) is 8.33. The summed E-state index contributed by atoms with van der Waals surface area (Å²) in [6, 6.07) is 8.73. The highest BCUT2D eigenvalue weighted by molar-refractivity contribution is 5.52. The molecule has 0 spiro atoms. The smallest absolute Gasteiger partial charge is 0.255 e. The Morgan fingerprint density at radius 3 is 2.57 bits per heavy atom. The van der Waals surface area contributed by atoms with Gasteiger partial charge in [0.25, 0.3) is 5.56 Å². The van der Waals surface area contributed by atoms with E-state index in [0.717, 1.165) is 62.6 Å². The van der Waals surface area contributed by atoms with Gasteiger partial charge in [0.2, 0.25) is 0 Å². The Bertz CT molecular complexity index is 1060. The number of nitrogens with one attached hydrogen (secondary N) is 1. The lowest BCUT2D eigenvalue weighted by molar-refractivity contribution is 0.122. The van der Waals surface area contributed by atoms with Crippen LogP contribution in [-0.4, -0.2) is 57.7 Å². The Kier molecular flexibility index (Phi) is 5.25. The molecule has 3 aromatic rings. The van der Waals surface area contributed by atoms with Crippen LogP contribution >= 0.6 is 0 Å². The second-order valence-electron chi connectivity index (χ2n) is 7.69. The van der Waals surface area contributed by atoms with E-state index >= 15 is 0 Å². The molecule has 8 nitrogen and oxygen atoms in total. The molecule has 30 heavy (non-hydrogen) atoms. The summed E-state index contributed by atoms with van der Waals surface area (Å²) in [4.78, 5) is 32.9. The van der Waals surface area contributed by atoms with E-state index in [-0.39, 0.29) is 5.56 Å². The maximum Gasteiger partial charge on any atom is 0.255 e. The molecule has 0 atom stereocenters. The van der Waals surface area contributed by atoms with E-state index in [1.807, 2.05) is 0 Å². The van der Waals surface area contributed by atoms with Crippen molar-refractivity contribution in [3.8, 4) is 11.4 Å². The minimum absolute atomic E-state index is 0.0776. The van der Waals surface area contributed by atoms with E-state index in [9.17, 15) is 4.79 Å². The maximum absolute atomic E-state index is 12.7. The molecule has 154 valence electrons. The van der Waals surface area contributed by atoms with Crippen LogP contribution in [0.15, 0.2) is 47.8 Å². The molecule has 0 unspecified atom stereocenters. The van der Waals surface area contributed by atoms with E-state index in [1.165, 1.54) is 17.6 Å². The van der Waals surface area contributed by atoms with Crippen molar-refractivity contribution < 1.29 is 4.74 Å². The zero-order valence-electron chi connectivity index (χ0n) is 16.8. The topological polar surface area (TPSA) is 87.2 Å². The molecule has 8 heteroatoms. The lowest BCUT2D eigenvalue weighted by atomic mass is 10.1. The summed E-state index contributed by atoms with van der Waals surface area (Å²) in [5.41, 5.74) is 4.76. The van der Waals surface area contributed by atoms with Crippen LogP contribution in [0.4, 0.5) is 5.69 Å². The van der Waals surface area contributed by atoms with Crippen LogP contribution < -0.4 is 10.5 Å². The number of H-pyrrole nitrogens is 1. The first-order valence-corrected chi connectivity index (χ1v) is 10.3. The summed E-state index contributed by atoms with van der Waals surface area (Å²) in [7, 11) is 0. The molecule has 0 amide bonds. The number of benzene rings is 1. The van der Waals surface area contributed by atoms with Crippen LogP contribution in [0.2, 0.25) is 0 Å². The lowest BCUT2D eigenvalue weighted by Crippen LogP contribution is -2.36. The average molecular weight is 404 g/mol. The predicted molar refractivity (Wildman–Crippen MR) is 113 cm³/mol. The molecule has 2 aromatic heterocycles. The van der Waals surface area contributed by atoms with Gasteiger partial charge in [0.1, 0.15) is 12.2 Å². The van der Waals surface area contributed by atoms with E-state index in [1.54, 1.807) is 12.4 Å². The first kappa shape index (κ1) is 18.9. The first-order valence-electron chi connectivity index (χ1n) is 10.3. The van der Waals surface area contributed by atoms with Crippen molar-refractivity contribution in [1.29, 1.82) is 0 Å². The monoisotopic (exact) mass is 404 g/mol. The molecule has 1 aromatic carbocycles. The minimum atomic E-state index is -0.0776. The van der Waals surface area contributed by atoms with Gasteiger partial charge in [-0.15, -0.1) is 0 Å². The highest BCUT2D eigenvalue weighted by atomic mass is 16.5. The summed E-state index contributed by atoms with van der Waals surface area (Å²) in [6.45, 7) is 5.75. The molecule has 0 radical (unpaired) electrons. The third-order valence-corrected chi connectivity index (χ3v) is 5.70. The predicted octanol–water partition coefficient (Wildman–Crippen LogP) is 1.62. The number of hydrogen-bond acceptors (Lipinski definition) is 7. The van der Waals surface area contributed by atoms with Crippen molar-refractivity contribution in [3.05, 3.63) is 70.2 Å². The van der Waals surface area contributed by atoms with Crippen molar-refractivity contribution in [3.63, 3.8) is 0 Å². The van der Waals surface area contributed by atoms with Crippen LogP contribution in [-0.2, 0) is 24.2 Å². The number of hydrogen-bond donors (Lipinski definition) is 1. The number of aromatic amines is 1. The number of aromatic nitrogens is 4. The zero-order valence-corrected chi connectivity index (χ0v) is 16.8. The van der Waals surface area contributed by atoms with Crippen molar-refractivity contribution in [2.24, 2.45) is 0 Å². The van der Waals surface area contributed by atoms with Crippen LogP contribution in [0.25, 0.3) is 11.4 Å². The SMILES string of the molecule is O=c1[nH]c(-c2cncnc2)nc2c1CN(Cc1ccc(N3CCOCC3)cc1)CC2. The average Bonchev–Trinajstić information content (AvgIpc) is 2.81. The van der Waals surface area contributed by atoms with Gasteiger partial charge in [0, 0.05) is 57.2 Å². The highest BCUT2D eigenvalue weighted by Crippen LogP contribution is 2.21. The first-order chi connectivity index (χ1) is 14.8. The number of morpholine rings is 1. The Labute approximate surface area is 174 Å². The van der Waals surface area contributed by atoms with Crippen LogP contribution in [0, 0.1) is 0 Å². The molecule has 2 aliphatic rings. The summed E-state index contributed by atoms with van der Waals surface area (Å²) >= 11 is 0. The quantitative estimate of drug-likeness (QED) is 0.707. The number of nitrogens with zero attached hydrogens (tertiary/aromatic N) is 5. The van der Waals surface area contributed by atoms with Crippen molar-refractivity contribution in [2.45, 2.75) is 19.5 Å². The van der Waals surface area contributed by atoms with Crippen molar-refractivity contribution >= 4 is 5.69 Å². The van der Waals surface area contributed by atoms with Crippen molar-refractivity contribution in [1.82, 2.24) is 24.8 Å². The molecule has 0 aliphatic carbocycles. The highest BCUT2D eigenvalue weighted by Gasteiger charge is 2.22. The standard InChI is InChI=1S/C22H24N6O2/c29-22-19-14-27(6-5-20(19)25-21(26-22)17-11-23-15-24-12-17)13-16-1-3-18(4-2-16)28-7-9-30-10-8-28/h1-4,11-12,15H,5-10,13-14H2,(H,25,26,29). The zero-order chi connectivity index (χ0) is 20.3. The molecule has 5 rings (SSSR count). The Morgan fingerprint density at radius 1 is 1.03 bits per heavy atom. The summed E-state index contributed by atoms with van der Waals surface area (Å²) in [5.74, 6) is 0.534. The number of anilines is 1. The fraction of sp³-hybridized carbons (Fsp3) is 0.364. The fourth-order valence-corrected chi connectivity index (χ4v) is 4.07. The van der Waals surface area contributed by atoms with E-state index < -0.39 is 0 Å². The van der Waals surface area contributed by atoms with E-state index in [4.69, 9.17) is 4.74 Å². The molecule has 2 aliphatic heterocycles. The number of fused-ring (bicyclic) bond motifs is 1. The largest absolute Gasteiger partial charge is 0.378 e. The van der Waals surface area contributed by atoms with Gasteiger partial charge in [0.05, 0.1) is 30.0 Å². The number of rotatable bonds is 4. The van der Waals surface area contributed by atoms with E-state index in [0.29, 0.717) is 12.4 Å². The third kappa shape index (κ3) is 3.96. The van der Waals surface area contributed by atoms with Gasteiger partial charge in [0.15, 0.2) is 0 Å². The summed E-state index contributed by atoms with van der Waals surface area (Å²) in [5, 5.41) is 0. The van der Waals surface area contributed by atoms with E-state index in [2.05, 4.69) is 54.0 Å². The second-order valence-corrected chi connectivity index (χ2v) is 7.69. The minimum Gasteiger partial charge on any atom is -0.378 e. The summed E-state index contributed by atoms with van der Waals surface area (Å²) < 4.78 is 5.43. The number of ether oxygens (including phenoxy) is 1. The lowest BCUT2D eigenvalue weighted by Gasteiger charge is -2.30. The Morgan fingerprint density at radius 2 is 1.80 bits per heavy atom. The third-order valence-electron chi connectivity index (χ3n) is 5.70. The normalized spacial score (nSPS) is 17.0. The van der Waals surface area contributed by atoms with Gasteiger partial charge >= 0.3 is 0 Å². The molecule has 0 saturated carbocycles. The molecular weight excluding hydrogens is 380 g/mol. The molecule has 0 bridgehead atoms. The Balaban J connectivity index is 1.28. The molecule has 4 heterocycles. The van der Waals surface area contributed by atoms with Gasteiger partial charge in [-0.25, -0.2) is 15.0 Å². The van der Waals surface area contributed by atoms with Gasteiger partial charge in [-0.1, -0.05) is 12.1 Å². The van der Waals surface area contributed by atoms with Gasteiger partial charge in [-0.3, -0.25) is 9.69 Å². The maximum atomic E-state index is 12.7. The van der Waals surface area contributed by atoms with Crippen LogP contribution in [0.5, 0.6) is 0 Å². The van der Waals surface area contributed by atoms with Gasteiger partial charge in [-0.05, 0) is 17.7 Å². The molecule has 1 fully saturated rings. The summed E-state index contributed by atoms with van der Waals surface area (Å²) in [6.07, 6.45) is 5.54. The van der Waals surface area contributed by atoms with Crippen LogP contribution in [0.3, 0.4) is 0 Å². The molecular formula is C22H24N6O2.